The van der Waals surface area contributed by atoms with Gasteiger partial charge in [0.2, 0.25) is 0 Å². The van der Waals surface area contributed by atoms with Crippen molar-refractivity contribution >= 4 is 11.8 Å². The van der Waals surface area contributed by atoms with Crippen LogP contribution in [-0.2, 0) is 4.74 Å². The Bertz CT molecular complexity index is 290. The second kappa shape index (κ2) is 6.36. The van der Waals surface area contributed by atoms with Gasteiger partial charge in [-0.25, -0.2) is 0 Å². The first-order chi connectivity index (χ1) is 9.27. The van der Waals surface area contributed by atoms with E-state index in [-0.39, 0.29) is 5.60 Å². The van der Waals surface area contributed by atoms with E-state index in [9.17, 15) is 0 Å². The van der Waals surface area contributed by atoms with Gasteiger partial charge in [-0.3, -0.25) is 0 Å². The van der Waals surface area contributed by atoms with E-state index in [1.807, 2.05) is 0 Å². The first-order valence-electron chi connectivity index (χ1n) is 8.22. The molecule has 0 aromatic heterocycles. The molecule has 3 aliphatic rings. The van der Waals surface area contributed by atoms with Crippen molar-refractivity contribution in [2.75, 3.05) is 24.7 Å². The lowest BCUT2D eigenvalue weighted by atomic mass is 9.80. The number of hydrogen-bond donors (Lipinski definition) is 1. The molecule has 2 saturated heterocycles. The highest BCUT2D eigenvalue weighted by Crippen LogP contribution is 2.38. The summed E-state index contributed by atoms with van der Waals surface area (Å²) < 4.78 is 6.11. The highest BCUT2D eigenvalue weighted by Gasteiger charge is 2.40. The van der Waals surface area contributed by atoms with Crippen molar-refractivity contribution in [3.05, 3.63) is 0 Å². The average molecular weight is 283 g/mol. The Labute approximate surface area is 122 Å². The molecule has 1 spiro atoms. The van der Waals surface area contributed by atoms with Crippen molar-refractivity contribution in [2.45, 2.75) is 63.5 Å². The largest absolute Gasteiger partial charge is 0.374 e. The molecule has 0 bridgehead atoms. The van der Waals surface area contributed by atoms with Crippen LogP contribution in [0.25, 0.3) is 0 Å². The third-order valence-corrected chi connectivity index (χ3v) is 6.74. The molecule has 4 unspecified atom stereocenters. The van der Waals surface area contributed by atoms with Crippen LogP contribution < -0.4 is 5.32 Å². The SMILES string of the molecule is CC1CCCCC1CNC1CCOC2(CCSC2)C1. The highest BCUT2D eigenvalue weighted by atomic mass is 32.2. The molecule has 2 heterocycles. The maximum Gasteiger partial charge on any atom is 0.0795 e. The topological polar surface area (TPSA) is 21.3 Å². The van der Waals surface area contributed by atoms with Crippen LogP contribution in [-0.4, -0.2) is 36.3 Å². The van der Waals surface area contributed by atoms with Gasteiger partial charge in [-0.1, -0.05) is 26.2 Å². The van der Waals surface area contributed by atoms with E-state index in [2.05, 4.69) is 24.0 Å². The molecule has 0 radical (unpaired) electrons. The van der Waals surface area contributed by atoms with Gasteiger partial charge < -0.3 is 10.1 Å². The second-order valence-electron chi connectivity index (χ2n) is 6.95. The van der Waals surface area contributed by atoms with Gasteiger partial charge in [-0.2, -0.15) is 11.8 Å². The lowest BCUT2D eigenvalue weighted by molar-refractivity contribution is -0.0707. The Hall–Kier alpha value is 0.270. The van der Waals surface area contributed by atoms with Crippen molar-refractivity contribution in [1.82, 2.24) is 5.32 Å². The average Bonchev–Trinajstić information content (AvgIpc) is 2.86. The molecule has 0 aromatic carbocycles. The summed E-state index contributed by atoms with van der Waals surface area (Å²) in [7, 11) is 0. The van der Waals surface area contributed by atoms with Crippen LogP contribution in [0.2, 0.25) is 0 Å². The fraction of sp³-hybridized carbons (Fsp3) is 1.00. The number of thioether (sulfide) groups is 1. The molecule has 3 heteroatoms. The summed E-state index contributed by atoms with van der Waals surface area (Å²) in [6, 6.07) is 0.710. The minimum Gasteiger partial charge on any atom is -0.374 e. The molecule has 2 aliphatic heterocycles. The van der Waals surface area contributed by atoms with Crippen LogP contribution in [0.15, 0.2) is 0 Å². The van der Waals surface area contributed by atoms with Crippen molar-refractivity contribution in [1.29, 1.82) is 0 Å². The van der Waals surface area contributed by atoms with Crippen molar-refractivity contribution in [3.63, 3.8) is 0 Å². The summed E-state index contributed by atoms with van der Waals surface area (Å²) in [5.74, 6) is 4.37. The normalized spacial score (nSPS) is 43.7. The Morgan fingerprint density at radius 1 is 1.26 bits per heavy atom. The molecule has 0 aromatic rings. The molecule has 2 nitrogen and oxygen atoms in total. The monoisotopic (exact) mass is 283 g/mol. The maximum atomic E-state index is 6.11. The molecule has 0 amide bonds. The molecule has 19 heavy (non-hydrogen) atoms. The first-order valence-corrected chi connectivity index (χ1v) is 9.38. The van der Waals surface area contributed by atoms with Crippen molar-refractivity contribution < 1.29 is 4.74 Å². The Morgan fingerprint density at radius 2 is 2.16 bits per heavy atom. The minimum absolute atomic E-state index is 0.235. The smallest absolute Gasteiger partial charge is 0.0795 e. The van der Waals surface area contributed by atoms with E-state index in [0.717, 1.165) is 18.4 Å². The van der Waals surface area contributed by atoms with Gasteiger partial charge in [-0.05, 0) is 49.8 Å². The fourth-order valence-corrected chi connectivity index (χ4v) is 5.46. The van der Waals surface area contributed by atoms with E-state index in [1.54, 1.807) is 0 Å². The predicted octanol–water partition coefficient (Wildman–Crippen LogP) is 3.46. The van der Waals surface area contributed by atoms with Gasteiger partial charge >= 0.3 is 0 Å². The molecule has 4 atom stereocenters. The molecule has 1 aliphatic carbocycles. The van der Waals surface area contributed by atoms with E-state index in [4.69, 9.17) is 4.74 Å². The Balaban J connectivity index is 1.47. The number of ether oxygens (including phenoxy) is 1. The third-order valence-electron chi connectivity index (χ3n) is 5.52. The van der Waals surface area contributed by atoms with E-state index in [0.29, 0.717) is 6.04 Å². The molecule has 1 saturated carbocycles. The fourth-order valence-electron chi connectivity index (χ4n) is 4.08. The Kier molecular flexibility index (Phi) is 4.76. The van der Waals surface area contributed by atoms with Crippen LogP contribution >= 0.6 is 11.8 Å². The molecule has 1 N–H and O–H groups in total. The van der Waals surface area contributed by atoms with Crippen LogP contribution in [0.4, 0.5) is 0 Å². The molecule has 110 valence electrons. The van der Waals surface area contributed by atoms with Gasteiger partial charge in [-0.15, -0.1) is 0 Å². The van der Waals surface area contributed by atoms with E-state index < -0.39 is 0 Å². The zero-order valence-corrected chi connectivity index (χ0v) is 13.1. The summed E-state index contributed by atoms with van der Waals surface area (Å²) in [4.78, 5) is 0. The summed E-state index contributed by atoms with van der Waals surface area (Å²) in [6.45, 7) is 4.66. The van der Waals surface area contributed by atoms with Crippen LogP contribution in [0.5, 0.6) is 0 Å². The second-order valence-corrected chi connectivity index (χ2v) is 8.06. The van der Waals surface area contributed by atoms with Crippen molar-refractivity contribution in [2.24, 2.45) is 11.8 Å². The van der Waals surface area contributed by atoms with Gasteiger partial charge in [0, 0.05) is 18.4 Å². The lowest BCUT2D eigenvalue weighted by Crippen LogP contribution is -2.48. The molecular formula is C16H29NOS. The standard InChI is InChI=1S/C16H29NOS/c1-13-4-2-3-5-14(13)11-17-15-6-8-18-16(10-15)7-9-19-12-16/h13-15,17H,2-12H2,1H3. The van der Waals surface area contributed by atoms with Crippen molar-refractivity contribution in [3.8, 4) is 0 Å². The quantitative estimate of drug-likeness (QED) is 0.857. The predicted molar refractivity (Wildman–Crippen MR) is 82.8 cm³/mol. The highest BCUT2D eigenvalue weighted by molar-refractivity contribution is 7.99. The zero-order valence-electron chi connectivity index (χ0n) is 12.3. The maximum absolute atomic E-state index is 6.11. The Morgan fingerprint density at radius 3 is 2.95 bits per heavy atom. The van der Waals surface area contributed by atoms with Crippen LogP contribution in [0, 0.1) is 11.8 Å². The van der Waals surface area contributed by atoms with Crippen LogP contribution in [0.3, 0.4) is 0 Å². The summed E-state index contributed by atoms with van der Waals surface area (Å²) in [6.07, 6.45) is 9.53. The zero-order chi connectivity index (χ0) is 13.1. The van der Waals surface area contributed by atoms with Gasteiger partial charge in [0.25, 0.3) is 0 Å². The summed E-state index contributed by atoms with van der Waals surface area (Å²) in [5.41, 5.74) is 0.235. The lowest BCUT2D eigenvalue weighted by Gasteiger charge is -2.39. The van der Waals surface area contributed by atoms with Gasteiger partial charge in [0.05, 0.1) is 5.60 Å². The summed E-state index contributed by atoms with van der Waals surface area (Å²) in [5, 5.41) is 3.88. The first kappa shape index (κ1) is 14.2. The number of hydrogen-bond acceptors (Lipinski definition) is 3. The summed E-state index contributed by atoms with van der Waals surface area (Å²) >= 11 is 2.08. The molecule has 3 rings (SSSR count). The van der Waals surface area contributed by atoms with Gasteiger partial charge in [0.15, 0.2) is 0 Å². The van der Waals surface area contributed by atoms with Gasteiger partial charge in [0.1, 0.15) is 0 Å². The minimum atomic E-state index is 0.235. The molecular weight excluding hydrogens is 254 g/mol. The number of nitrogens with one attached hydrogen (secondary N) is 1. The molecule has 3 fully saturated rings. The van der Waals surface area contributed by atoms with Crippen LogP contribution in [0.1, 0.15) is 51.9 Å². The number of rotatable bonds is 3. The van der Waals surface area contributed by atoms with E-state index in [1.165, 1.54) is 63.0 Å². The third kappa shape index (κ3) is 3.48. The van der Waals surface area contributed by atoms with E-state index >= 15 is 0 Å².